The first-order valence-electron chi connectivity index (χ1n) is 4.28. The van der Waals surface area contributed by atoms with Crippen molar-refractivity contribution in [3.05, 3.63) is 12.2 Å². The van der Waals surface area contributed by atoms with Gasteiger partial charge in [-0.1, -0.05) is 5.16 Å². The van der Waals surface area contributed by atoms with Crippen molar-refractivity contribution in [2.75, 3.05) is 7.11 Å². The maximum Gasteiger partial charge on any atom is 0.307 e. The minimum Gasteiger partial charge on any atom is -0.469 e. The number of nitrogens with zero attached hydrogens (tertiary/aromatic N) is 2. The molecule has 0 amide bonds. The van der Waals surface area contributed by atoms with Gasteiger partial charge in [0.15, 0.2) is 5.82 Å². The summed E-state index contributed by atoms with van der Waals surface area (Å²) >= 11 is 0. The Kier molecular flexibility index (Phi) is 4.06. The highest BCUT2D eigenvalue weighted by Gasteiger charge is 2.09. The lowest BCUT2D eigenvalue weighted by Gasteiger charge is -2.09. The zero-order chi connectivity index (χ0) is 10.4. The molecule has 0 aromatic carbocycles. The van der Waals surface area contributed by atoms with Crippen LogP contribution in [0.5, 0.6) is 0 Å². The molecule has 0 bridgehead atoms. The average molecular weight is 199 g/mol. The monoisotopic (exact) mass is 199 g/mol. The van der Waals surface area contributed by atoms with Crippen LogP contribution >= 0.6 is 0 Å². The van der Waals surface area contributed by atoms with Crippen molar-refractivity contribution in [3.63, 3.8) is 0 Å². The molecule has 1 atom stereocenters. The number of methoxy groups -OCH3 is 1. The molecule has 6 heteroatoms. The number of esters is 1. The third-order valence-corrected chi connectivity index (χ3v) is 1.72. The van der Waals surface area contributed by atoms with Crippen LogP contribution in [-0.4, -0.2) is 29.3 Å². The minimum atomic E-state index is -0.238. The molecule has 1 N–H and O–H groups in total. The summed E-state index contributed by atoms with van der Waals surface area (Å²) in [4.78, 5) is 14.7. The van der Waals surface area contributed by atoms with Gasteiger partial charge in [-0.25, -0.2) is 0 Å². The summed E-state index contributed by atoms with van der Waals surface area (Å²) in [7, 11) is 1.37. The quantitative estimate of drug-likeness (QED) is 0.678. The molecule has 1 aromatic rings. The summed E-state index contributed by atoms with van der Waals surface area (Å²) in [5, 5.41) is 6.69. The molecular formula is C8H13N3O3. The molecular weight excluding hydrogens is 186 g/mol. The van der Waals surface area contributed by atoms with Gasteiger partial charge in [0.1, 0.15) is 0 Å². The Bertz CT molecular complexity index is 273. The fourth-order valence-corrected chi connectivity index (χ4v) is 0.941. The first-order valence-corrected chi connectivity index (χ1v) is 4.28. The van der Waals surface area contributed by atoms with E-state index in [1.165, 1.54) is 13.5 Å². The van der Waals surface area contributed by atoms with Crippen LogP contribution in [0.25, 0.3) is 0 Å². The average Bonchev–Trinajstić information content (AvgIpc) is 2.67. The fraction of sp³-hybridized carbons (Fsp3) is 0.625. The van der Waals surface area contributed by atoms with Gasteiger partial charge in [0.2, 0.25) is 6.39 Å². The Morgan fingerprint density at radius 1 is 1.79 bits per heavy atom. The summed E-state index contributed by atoms with van der Waals surface area (Å²) in [6, 6.07) is 0.0287. The number of rotatable bonds is 5. The van der Waals surface area contributed by atoms with Crippen molar-refractivity contribution in [2.45, 2.75) is 25.9 Å². The van der Waals surface area contributed by atoms with E-state index in [1.54, 1.807) is 0 Å². The Hall–Kier alpha value is -1.43. The number of aromatic nitrogens is 2. The van der Waals surface area contributed by atoms with Crippen LogP contribution in [0.15, 0.2) is 10.9 Å². The van der Waals surface area contributed by atoms with Crippen LogP contribution in [0.4, 0.5) is 0 Å². The number of carbonyl (C=O) groups excluding carboxylic acids is 1. The topological polar surface area (TPSA) is 77.2 Å². The lowest BCUT2D eigenvalue weighted by atomic mass is 10.2. The summed E-state index contributed by atoms with van der Waals surface area (Å²) in [6.07, 6.45) is 1.59. The van der Waals surface area contributed by atoms with Gasteiger partial charge in [-0.15, -0.1) is 0 Å². The van der Waals surface area contributed by atoms with Gasteiger partial charge >= 0.3 is 5.97 Å². The molecule has 0 saturated heterocycles. The predicted octanol–water partition coefficient (Wildman–Crippen LogP) is 0.111. The van der Waals surface area contributed by atoms with E-state index in [0.29, 0.717) is 18.8 Å². The number of hydrogen-bond acceptors (Lipinski definition) is 6. The molecule has 0 aliphatic carbocycles. The van der Waals surface area contributed by atoms with Crippen LogP contribution in [0, 0.1) is 0 Å². The molecule has 0 spiro atoms. The van der Waals surface area contributed by atoms with Crippen LogP contribution < -0.4 is 5.32 Å². The Morgan fingerprint density at radius 3 is 3.14 bits per heavy atom. The van der Waals surface area contributed by atoms with Crippen LogP contribution in [0.2, 0.25) is 0 Å². The number of ether oxygens (including phenoxy) is 1. The lowest BCUT2D eigenvalue weighted by Crippen LogP contribution is -2.28. The van der Waals surface area contributed by atoms with Crippen molar-refractivity contribution in [3.8, 4) is 0 Å². The SMILES string of the molecule is COC(=O)CC(C)NCc1ncon1. The number of hydrogen-bond donors (Lipinski definition) is 1. The zero-order valence-electron chi connectivity index (χ0n) is 8.19. The molecule has 1 aromatic heterocycles. The molecule has 1 unspecified atom stereocenters. The molecule has 0 saturated carbocycles. The molecule has 6 nitrogen and oxygen atoms in total. The summed E-state index contributed by atoms with van der Waals surface area (Å²) in [5.74, 6) is 0.333. The first kappa shape index (κ1) is 10.6. The Balaban J connectivity index is 2.21. The van der Waals surface area contributed by atoms with E-state index in [-0.39, 0.29) is 12.0 Å². The third kappa shape index (κ3) is 3.53. The van der Waals surface area contributed by atoms with E-state index < -0.39 is 0 Å². The fourth-order valence-electron chi connectivity index (χ4n) is 0.941. The van der Waals surface area contributed by atoms with Crippen LogP contribution in [-0.2, 0) is 16.1 Å². The highest BCUT2D eigenvalue weighted by atomic mass is 16.5. The molecule has 1 heterocycles. The van der Waals surface area contributed by atoms with Gasteiger partial charge in [0.05, 0.1) is 20.1 Å². The third-order valence-electron chi connectivity index (χ3n) is 1.72. The van der Waals surface area contributed by atoms with Gasteiger partial charge in [0.25, 0.3) is 0 Å². The van der Waals surface area contributed by atoms with Crippen molar-refractivity contribution < 1.29 is 14.1 Å². The first-order chi connectivity index (χ1) is 6.72. The second-order valence-corrected chi connectivity index (χ2v) is 2.91. The normalized spacial score (nSPS) is 12.4. The summed E-state index contributed by atoms with van der Waals surface area (Å²) in [6.45, 7) is 2.37. The maximum absolute atomic E-state index is 10.9. The Morgan fingerprint density at radius 2 is 2.57 bits per heavy atom. The molecule has 0 radical (unpaired) electrons. The van der Waals surface area contributed by atoms with Gasteiger partial charge < -0.3 is 14.6 Å². The molecule has 0 fully saturated rings. The van der Waals surface area contributed by atoms with Crippen LogP contribution in [0.3, 0.4) is 0 Å². The van der Waals surface area contributed by atoms with Crippen molar-refractivity contribution >= 4 is 5.97 Å². The summed E-state index contributed by atoms with van der Waals surface area (Å²) < 4.78 is 9.09. The standard InChI is InChI=1S/C8H13N3O3/c1-6(3-8(12)13-2)9-4-7-10-5-14-11-7/h5-6,9H,3-4H2,1-2H3. The maximum atomic E-state index is 10.9. The smallest absolute Gasteiger partial charge is 0.307 e. The van der Waals surface area contributed by atoms with E-state index in [9.17, 15) is 4.79 Å². The summed E-state index contributed by atoms with van der Waals surface area (Å²) in [5.41, 5.74) is 0. The second kappa shape index (κ2) is 5.33. The largest absolute Gasteiger partial charge is 0.469 e. The lowest BCUT2D eigenvalue weighted by molar-refractivity contribution is -0.141. The van der Waals surface area contributed by atoms with Crippen molar-refractivity contribution in [2.24, 2.45) is 0 Å². The van der Waals surface area contributed by atoms with E-state index >= 15 is 0 Å². The Labute approximate surface area is 81.6 Å². The van der Waals surface area contributed by atoms with Gasteiger partial charge in [0, 0.05) is 6.04 Å². The molecule has 0 aliphatic rings. The molecule has 0 aliphatic heterocycles. The highest BCUT2D eigenvalue weighted by molar-refractivity contribution is 5.69. The second-order valence-electron chi connectivity index (χ2n) is 2.91. The number of nitrogens with one attached hydrogen (secondary N) is 1. The van der Waals surface area contributed by atoms with Crippen molar-refractivity contribution in [1.29, 1.82) is 0 Å². The van der Waals surface area contributed by atoms with E-state index in [2.05, 4.69) is 24.7 Å². The molecule has 1 rings (SSSR count). The minimum absolute atomic E-state index is 0.0287. The van der Waals surface area contributed by atoms with Crippen molar-refractivity contribution in [1.82, 2.24) is 15.5 Å². The van der Waals surface area contributed by atoms with Crippen LogP contribution in [0.1, 0.15) is 19.2 Å². The van der Waals surface area contributed by atoms with Gasteiger partial charge in [-0.3, -0.25) is 4.79 Å². The van der Waals surface area contributed by atoms with Gasteiger partial charge in [-0.2, -0.15) is 4.98 Å². The van der Waals surface area contributed by atoms with E-state index in [4.69, 9.17) is 0 Å². The van der Waals surface area contributed by atoms with E-state index in [0.717, 1.165) is 0 Å². The number of carbonyl (C=O) groups is 1. The molecule has 78 valence electrons. The predicted molar refractivity (Wildman–Crippen MR) is 47.2 cm³/mol. The van der Waals surface area contributed by atoms with E-state index in [1.807, 2.05) is 6.92 Å². The zero-order valence-corrected chi connectivity index (χ0v) is 8.19. The molecule has 14 heavy (non-hydrogen) atoms. The highest BCUT2D eigenvalue weighted by Crippen LogP contribution is 1.95. The van der Waals surface area contributed by atoms with Gasteiger partial charge in [-0.05, 0) is 6.92 Å².